The van der Waals surface area contributed by atoms with Crippen LogP contribution in [0.1, 0.15) is 27.0 Å². The quantitative estimate of drug-likeness (QED) is 0.223. The summed E-state index contributed by atoms with van der Waals surface area (Å²) in [7, 11) is 1.57. The third kappa shape index (κ3) is 6.41. The van der Waals surface area contributed by atoms with E-state index in [2.05, 4.69) is 0 Å². The molecule has 0 aliphatic carbocycles. The molecule has 0 aromatic heterocycles. The summed E-state index contributed by atoms with van der Waals surface area (Å²) in [6.07, 6.45) is 5.07. The van der Waals surface area contributed by atoms with Gasteiger partial charge in [-0.3, -0.25) is 14.5 Å². The normalized spacial score (nSPS) is 15.4. The SMILES string of the molecule is COc1ccc(C(=O)/C=C/c2ccc(/C=C3\SC(=S)N([C@@H](Cc4ccccc4)C(=O)O)C3=O)cc2)cc1. The molecule has 37 heavy (non-hydrogen) atoms. The Hall–Kier alpha value is -4.01. The standard InChI is InChI=1S/C29H23NO5S2/c1-35-23-14-12-22(13-15-23)25(31)16-11-19-7-9-21(10-8-19)18-26-27(32)30(29(36)37-26)24(28(33)34)17-20-5-3-2-4-6-20/h2-16,18,24H,17H2,1H3,(H,33,34)/b16-11+,26-18-/t24-/m0/s1. The molecule has 0 spiro atoms. The second-order valence-electron chi connectivity index (χ2n) is 8.19. The van der Waals surface area contributed by atoms with E-state index in [1.807, 2.05) is 54.6 Å². The van der Waals surface area contributed by atoms with Crippen LogP contribution in [0.15, 0.2) is 89.8 Å². The summed E-state index contributed by atoms with van der Waals surface area (Å²) in [6, 6.07) is 22.3. The molecule has 1 atom stereocenters. The van der Waals surface area contributed by atoms with Gasteiger partial charge in [0.15, 0.2) is 5.78 Å². The van der Waals surface area contributed by atoms with Gasteiger partial charge in [-0.05, 0) is 53.1 Å². The Balaban J connectivity index is 1.45. The lowest BCUT2D eigenvalue weighted by Crippen LogP contribution is -2.45. The van der Waals surface area contributed by atoms with Crippen molar-refractivity contribution in [3.8, 4) is 5.75 Å². The third-order valence-electron chi connectivity index (χ3n) is 5.73. The van der Waals surface area contributed by atoms with Gasteiger partial charge in [-0.25, -0.2) is 4.79 Å². The minimum atomic E-state index is -1.11. The minimum Gasteiger partial charge on any atom is -0.497 e. The van der Waals surface area contributed by atoms with E-state index in [9.17, 15) is 19.5 Å². The Morgan fingerprint density at radius 3 is 2.27 bits per heavy atom. The number of carboxylic acid groups (broad SMARTS) is 1. The second-order valence-corrected chi connectivity index (χ2v) is 9.86. The predicted molar refractivity (Wildman–Crippen MR) is 149 cm³/mol. The number of carbonyl (C=O) groups is 3. The molecule has 0 radical (unpaired) electrons. The molecule has 1 saturated heterocycles. The molecular weight excluding hydrogens is 506 g/mol. The van der Waals surface area contributed by atoms with Gasteiger partial charge in [0, 0.05) is 12.0 Å². The van der Waals surface area contributed by atoms with E-state index in [0.29, 0.717) is 16.2 Å². The van der Waals surface area contributed by atoms with Gasteiger partial charge in [-0.2, -0.15) is 0 Å². The number of rotatable bonds is 9. The number of thiocarbonyl (C=S) groups is 1. The fourth-order valence-electron chi connectivity index (χ4n) is 3.75. The van der Waals surface area contributed by atoms with Crippen LogP contribution in [-0.4, -0.2) is 45.1 Å². The lowest BCUT2D eigenvalue weighted by molar-refractivity contribution is -0.145. The van der Waals surface area contributed by atoms with Crippen molar-refractivity contribution in [2.24, 2.45) is 0 Å². The number of hydrogen-bond donors (Lipinski definition) is 1. The average molecular weight is 530 g/mol. The molecule has 1 N–H and O–H groups in total. The van der Waals surface area contributed by atoms with Crippen molar-refractivity contribution >= 4 is 58.1 Å². The Morgan fingerprint density at radius 2 is 1.65 bits per heavy atom. The number of thioether (sulfide) groups is 1. The summed E-state index contributed by atoms with van der Waals surface area (Å²) in [5, 5.41) is 9.80. The number of methoxy groups -OCH3 is 1. The smallest absolute Gasteiger partial charge is 0.327 e. The number of nitrogens with zero attached hydrogens (tertiary/aromatic N) is 1. The number of allylic oxidation sites excluding steroid dienone is 1. The molecule has 6 nitrogen and oxygen atoms in total. The summed E-state index contributed by atoms with van der Waals surface area (Å²) in [4.78, 5) is 39.0. The lowest BCUT2D eigenvalue weighted by Gasteiger charge is -2.23. The molecule has 3 aromatic carbocycles. The zero-order chi connectivity index (χ0) is 26.4. The summed E-state index contributed by atoms with van der Waals surface area (Å²) in [5.41, 5.74) is 2.94. The molecule has 3 aromatic rings. The van der Waals surface area contributed by atoms with Gasteiger partial charge in [0.1, 0.15) is 16.1 Å². The molecule has 1 fully saturated rings. The molecule has 4 rings (SSSR count). The molecule has 1 heterocycles. The Bertz CT molecular complexity index is 1380. The van der Waals surface area contributed by atoms with Gasteiger partial charge in [-0.15, -0.1) is 0 Å². The van der Waals surface area contributed by atoms with Crippen LogP contribution < -0.4 is 4.74 Å². The van der Waals surface area contributed by atoms with Crippen LogP contribution >= 0.6 is 24.0 Å². The predicted octanol–water partition coefficient (Wildman–Crippen LogP) is 5.49. The number of aliphatic carboxylic acids is 1. The fraction of sp³-hybridized carbons (Fsp3) is 0.103. The zero-order valence-electron chi connectivity index (χ0n) is 19.9. The van der Waals surface area contributed by atoms with Gasteiger partial charge in [0.05, 0.1) is 12.0 Å². The summed E-state index contributed by atoms with van der Waals surface area (Å²) < 4.78 is 5.33. The maximum Gasteiger partial charge on any atom is 0.327 e. The van der Waals surface area contributed by atoms with Crippen LogP contribution in [0.25, 0.3) is 12.2 Å². The molecule has 186 valence electrons. The number of ketones is 1. The number of benzene rings is 3. The van der Waals surface area contributed by atoms with Crippen molar-refractivity contribution in [2.75, 3.05) is 7.11 Å². The number of ether oxygens (including phenoxy) is 1. The topological polar surface area (TPSA) is 83.9 Å². The maximum atomic E-state index is 13.1. The van der Waals surface area contributed by atoms with E-state index < -0.39 is 17.9 Å². The largest absolute Gasteiger partial charge is 0.497 e. The van der Waals surface area contributed by atoms with Gasteiger partial charge in [-0.1, -0.05) is 84.7 Å². The zero-order valence-corrected chi connectivity index (χ0v) is 21.5. The van der Waals surface area contributed by atoms with Crippen LogP contribution in [-0.2, 0) is 16.0 Å². The first kappa shape index (κ1) is 26.1. The highest BCUT2D eigenvalue weighted by molar-refractivity contribution is 8.26. The third-order valence-corrected chi connectivity index (χ3v) is 7.06. The number of amides is 1. The minimum absolute atomic E-state index is 0.126. The van der Waals surface area contributed by atoms with Crippen LogP contribution in [0.4, 0.5) is 0 Å². The van der Waals surface area contributed by atoms with Crippen molar-refractivity contribution in [3.63, 3.8) is 0 Å². The van der Waals surface area contributed by atoms with Crippen molar-refractivity contribution in [2.45, 2.75) is 12.5 Å². The number of carbonyl (C=O) groups excluding carboxylic acids is 2. The van der Waals surface area contributed by atoms with Gasteiger partial charge in [0.2, 0.25) is 0 Å². The van der Waals surface area contributed by atoms with Crippen molar-refractivity contribution in [3.05, 3.63) is 112 Å². The first-order valence-electron chi connectivity index (χ1n) is 11.4. The number of hydrogen-bond acceptors (Lipinski definition) is 6. The Labute approximate surface area is 224 Å². The van der Waals surface area contributed by atoms with E-state index in [1.165, 1.54) is 11.0 Å². The Morgan fingerprint density at radius 1 is 1.00 bits per heavy atom. The first-order valence-corrected chi connectivity index (χ1v) is 12.6. The molecule has 0 unspecified atom stereocenters. The number of carboxylic acids is 1. The highest BCUT2D eigenvalue weighted by Gasteiger charge is 2.40. The van der Waals surface area contributed by atoms with Crippen molar-refractivity contribution in [1.82, 2.24) is 4.90 Å². The lowest BCUT2D eigenvalue weighted by atomic mass is 10.0. The van der Waals surface area contributed by atoms with E-state index in [4.69, 9.17) is 17.0 Å². The monoisotopic (exact) mass is 529 g/mol. The van der Waals surface area contributed by atoms with Crippen molar-refractivity contribution < 1.29 is 24.2 Å². The van der Waals surface area contributed by atoms with Crippen LogP contribution in [0, 0.1) is 0 Å². The highest BCUT2D eigenvalue weighted by atomic mass is 32.2. The first-order chi connectivity index (χ1) is 17.9. The maximum absolute atomic E-state index is 13.1. The van der Waals surface area contributed by atoms with E-state index >= 15 is 0 Å². The Kier molecular flexibility index (Phi) is 8.32. The van der Waals surface area contributed by atoms with Gasteiger partial charge < -0.3 is 9.84 Å². The van der Waals surface area contributed by atoms with Gasteiger partial charge >= 0.3 is 5.97 Å². The molecular formula is C29H23NO5S2. The molecule has 1 aliphatic heterocycles. The van der Waals surface area contributed by atoms with Crippen LogP contribution in [0.3, 0.4) is 0 Å². The summed E-state index contributed by atoms with van der Waals surface area (Å²) >= 11 is 6.46. The second kappa shape index (κ2) is 11.8. The summed E-state index contributed by atoms with van der Waals surface area (Å²) in [5.74, 6) is -0.976. The molecule has 1 aliphatic rings. The van der Waals surface area contributed by atoms with E-state index in [1.54, 1.807) is 43.5 Å². The molecule has 0 saturated carbocycles. The summed E-state index contributed by atoms with van der Waals surface area (Å²) in [6.45, 7) is 0. The highest BCUT2D eigenvalue weighted by Crippen LogP contribution is 2.34. The molecule has 0 bridgehead atoms. The van der Waals surface area contributed by atoms with Crippen molar-refractivity contribution in [1.29, 1.82) is 0 Å². The van der Waals surface area contributed by atoms with E-state index in [0.717, 1.165) is 28.5 Å². The average Bonchev–Trinajstić information content (AvgIpc) is 3.19. The van der Waals surface area contributed by atoms with E-state index in [-0.39, 0.29) is 16.5 Å². The van der Waals surface area contributed by atoms with Crippen LogP contribution in [0.5, 0.6) is 5.75 Å². The van der Waals surface area contributed by atoms with Gasteiger partial charge in [0.25, 0.3) is 5.91 Å². The molecule has 8 heteroatoms. The fourth-order valence-corrected chi connectivity index (χ4v) is 5.11. The van der Waals surface area contributed by atoms with Crippen LogP contribution in [0.2, 0.25) is 0 Å². The molecule has 1 amide bonds.